The molecule has 3 saturated heterocycles. The van der Waals surface area contributed by atoms with Gasteiger partial charge in [0.25, 0.3) is 0 Å². The van der Waals surface area contributed by atoms with Crippen LogP contribution in [0.5, 0.6) is 0 Å². The maximum atomic E-state index is 13.0. The zero-order valence-electron chi connectivity index (χ0n) is 28.2. The van der Waals surface area contributed by atoms with Gasteiger partial charge in [0.05, 0.1) is 43.6 Å². The molecule has 5 rings (SSSR count). The molecule has 0 spiro atoms. The van der Waals surface area contributed by atoms with Crippen LogP contribution in [0.4, 0.5) is 0 Å². The Hall–Kier alpha value is -1.13. The molecule has 21 heteroatoms. The first-order valence-electron chi connectivity index (χ1n) is 17.4. The predicted octanol–water partition coefficient (Wildman–Crippen LogP) is -8.53. The van der Waals surface area contributed by atoms with Crippen molar-refractivity contribution in [3.05, 3.63) is 0 Å². The summed E-state index contributed by atoms with van der Waals surface area (Å²) >= 11 is 0. The van der Waals surface area contributed by atoms with E-state index in [1.165, 1.54) is 0 Å². The summed E-state index contributed by atoms with van der Waals surface area (Å²) in [5.74, 6) is -1.44. The van der Waals surface area contributed by atoms with Crippen LogP contribution in [0.15, 0.2) is 0 Å². The number of ketones is 1. The predicted molar refractivity (Wildman–Crippen MR) is 171 cm³/mol. The number of ether oxygens (including phenoxy) is 6. The standard InChI is InChI=1S/C30H56N6O15/c31-7-14-21(42)22(43)19(35)28(46-14)50-25-16(9-38)48-29(23(25)44)51-26-20(41)10(4-18(40)30(45)6-17(30)34)3-11(32)24(26)49-27-12(33)5-13(39)15(47-27)8-36-1-2-37/h10-17,19-29,36-39,41-45H,1-9,31-35H2/t10-,11-,12+,13-,14-,15+,16+,17?,19+,20-,21+,22+,23+,24+,25+,26+,27+,28+,29-,30?/m0/s1. The van der Waals surface area contributed by atoms with E-state index in [2.05, 4.69) is 5.32 Å². The third-order valence-corrected chi connectivity index (χ3v) is 10.6. The summed E-state index contributed by atoms with van der Waals surface area (Å²) in [6.45, 7) is -0.605. The summed E-state index contributed by atoms with van der Waals surface area (Å²) < 4.78 is 35.7. The monoisotopic (exact) mass is 740 g/mol. The van der Waals surface area contributed by atoms with Crippen molar-refractivity contribution >= 4 is 5.78 Å². The molecular weight excluding hydrogens is 684 g/mol. The second-order valence-electron chi connectivity index (χ2n) is 14.3. The average Bonchev–Trinajstić information content (AvgIpc) is 3.62. The van der Waals surface area contributed by atoms with E-state index in [0.29, 0.717) is 0 Å². The van der Waals surface area contributed by atoms with E-state index in [1.807, 2.05) is 0 Å². The fraction of sp³-hybridized carbons (Fsp3) is 0.967. The maximum Gasteiger partial charge on any atom is 0.187 e. The van der Waals surface area contributed by atoms with Gasteiger partial charge in [-0.1, -0.05) is 0 Å². The first-order chi connectivity index (χ1) is 24.1. The Morgan fingerprint density at radius 3 is 2.02 bits per heavy atom. The van der Waals surface area contributed by atoms with Crippen molar-refractivity contribution in [2.24, 2.45) is 34.6 Å². The van der Waals surface area contributed by atoms with Crippen molar-refractivity contribution in [3.8, 4) is 0 Å². The Bertz CT molecular complexity index is 1150. The zero-order valence-corrected chi connectivity index (χ0v) is 28.2. The molecule has 21 nitrogen and oxygen atoms in total. The number of hydrogen-bond acceptors (Lipinski definition) is 21. The van der Waals surface area contributed by atoms with E-state index >= 15 is 0 Å². The number of aliphatic hydroxyl groups excluding tert-OH is 7. The second-order valence-corrected chi connectivity index (χ2v) is 14.3. The largest absolute Gasteiger partial charge is 0.395 e. The van der Waals surface area contributed by atoms with Gasteiger partial charge in [-0.25, -0.2) is 0 Å². The molecular formula is C30H56N6O15. The Labute approximate surface area is 294 Å². The molecule has 0 bridgehead atoms. The van der Waals surface area contributed by atoms with Crippen molar-refractivity contribution in [3.63, 3.8) is 0 Å². The summed E-state index contributed by atoms with van der Waals surface area (Å²) in [6, 6.07) is -3.79. The van der Waals surface area contributed by atoms with E-state index in [9.17, 15) is 40.5 Å². The van der Waals surface area contributed by atoms with Crippen molar-refractivity contribution in [2.45, 2.75) is 141 Å². The Balaban J connectivity index is 1.35. The molecule has 3 heterocycles. The smallest absolute Gasteiger partial charge is 0.187 e. The number of hydrogen-bond donors (Lipinski definition) is 14. The highest BCUT2D eigenvalue weighted by molar-refractivity contribution is 5.91. The van der Waals surface area contributed by atoms with Crippen LogP contribution in [0.3, 0.4) is 0 Å². The van der Waals surface area contributed by atoms with Crippen LogP contribution >= 0.6 is 0 Å². The van der Waals surface area contributed by atoms with Crippen LogP contribution in [0.25, 0.3) is 0 Å². The first-order valence-corrected chi connectivity index (χ1v) is 17.4. The lowest BCUT2D eigenvalue weighted by Crippen LogP contribution is -2.64. The van der Waals surface area contributed by atoms with Crippen LogP contribution in [-0.4, -0.2) is 195 Å². The fourth-order valence-corrected chi connectivity index (χ4v) is 7.29. The minimum atomic E-state index is -1.71. The number of nitrogens with two attached hydrogens (primary N) is 5. The molecule has 0 aromatic rings. The number of carbonyl (C=O) groups is 1. The van der Waals surface area contributed by atoms with E-state index < -0.39 is 134 Å². The van der Waals surface area contributed by atoms with Gasteiger partial charge in [0, 0.05) is 44.6 Å². The van der Waals surface area contributed by atoms with Gasteiger partial charge in [-0.2, -0.15) is 0 Å². The van der Waals surface area contributed by atoms with Crippen molar-refractivity contribution in [1.82, 2.24) is 5.32 Å². The molecule has 0 aromatic carbocycles. The van der Waals surface area contributed by atoms with Crippen molar-refractivity contribution in [2.75, 3.05) is 32.8 Å². The average molecular weight is 741 g/mol. The van der Waals surface area contributed by atoms with Crippen LogP contribution in [0, 0.1) is 5.92 Å². The third kappa shape index (κ3) is 8.73. The minimum Gasteiger partial charge on any atom is -0.395 e. The molecule has 20 atom stereocenters. The number of rotatable bonds is 15. The third-order valence-electron chi connectivity index (χ3n) is 10.6. The highest BCUT2D eigenvalue weighted by atomic mass is 16.8. The molecule has 0 radical (unpaired) electrons. The molecule has 51 heavy (non-hydrogen) atoms. The molecule has 2 unspecified atom stereocenters. The Kier molecular flexibility index (Phi) is 13.8. The van der Waals surface area contributed by atoms with Gasteiger partial charge in [-0.05, 0) is 18.8 Å². The highest BCUT2D eigenvalue weighted by Crippen LogP contribution is 2.41. The van der Waals surface area contributed by atoms with Gasteiger partial charge in [-0.15, -0.1) is 0 Å². The summed E-state index contributed by atoms with van der Waals surface area (Å²) in [4.78, 5) is 13.0. The van der Waals surface area contributed by atoms with E-state index in [1.54, 1.807) is 0 Å². The van der Waals surface area contributed by atoms with Gasteiger partial charge in [0.1, 0.15) is 54.4 Å². The summed E-state index contributed by atoms with van der Waals surface area (Å²) in [5, 5.41) is 87.0. The SMILES string of the molecule is NC[C@@H]1O[C@H](O[C@H]2[C@@H](O)[C@H](O[C@@H]3[C@@H](O)[C@H](CC(=O)C4(O)CC4N)C[C@H](N)[C@H]3O[C@H]3O[C@H](CNCCO)[C@@H](O)C[C@H]3N)O[C@@H]2CO)[C@H](N)[C@@H](O)[C@@H]1O. The summed E-state index contributed by atoms with van der Waals surface area (Å²) in [6.07, 6.45) is -18.3. The quantitative estimate of drug-likeness (QED) is 0.0693. The van der Waals surface area contributed by atoms with Gasteiger partial charge in [0.2, 0.25) is 0 Å². The molecule has 19 N–H and O–H groups in total. The molecule has 0 aromatic heterocycles. The van der Waals surface area contributed by atoms with Crippen LogP contribution in [0.2, 0.25) is 0 Å². The van der Waals surface area contributed by atoms with E-state index in [0.717, 1.165) is 0 Å². The molecule has 5 aliphatic rings. The molecule has 2 aliphatic carbocycles. The van der Waals surface area contributed by atoms with Gasteiger partial charge in [0.15, 0.2) is 24.7 Å². The maximum absolute atomic E-state index is 13.0. The molecule has 2 saturated carbocycles. The number of aliphatic hydroxyl groups is 8. The van der Waals surface area contributed by atoms with Gasteiger partial charge >= 0.3 is 0 Å². The summed E-state index contributed by atoms with van der Waals surface area (Å²) in [5.41, 5.74) is 28.6. The first kappa shape index (κ1) is 41.0. The zero-order chi connectivity index (χ0) is 37.4. The van der Waals surface area contributed by atoms with Crippen molar-refractivity contribution in [1.29, 1.82) is 0 Å². The Morgan fingerprint density at radius 2 is 1.39 bits per heavy atom. The van der Waals surface area contributed by atoms with E-state index in [4.69, 9.17) is 62.2 Å². The number of carbonyl (C=O) groups excluding carboxylic acids is 1. The molecule has 3 aliphatic heterocycles. The van der Waals surface area contributed by atoms with E-state index in [-0.39, 0.29) is 51.9 Å². The minimum absolute atomic E-state index is 0.0291. The lowest BCUT2D eigenvalue weighted by molar-refractivity contribution is -0.299. The topological polar surface area (TPSA) is 376 Å². The molecule has 5 fully saturated rings. The van der Waals surface area contributed by atoms with Crippen LogP contribution in [0.1, 0.15) is 25.7 Å². The van der Waals surface area contributed by atoms with Gasteiger partial charge in [-0.3, -0.25) is 4.79 Å². The molecule has 296 valence electrons. The van der Waals surface area contributed by atoms with Crippen LogP contribution < -0.4 is 34.0 Å². The molecule has 0 amide bonds. The second kappa shape index (κ2) is 17.1. The van der Waals surface area contributed by atoms with Gasteiger partial charge < -0.3 is 103 Å². The van der Waals surface area contributed by atoms with Crippen LogP contribution in [-0.2, 0) is 33.2 Å². The lowest BCUT2D eigenvalue weighted by atomic mass is 9.76. The fourth-order valence-electron chi connectivity index (χ4n) is 7.29. The number of Topliss-reactive ketones (excluding diaryl/α,β-unsaturated/α-hetero) is 1. The Morgan fingerprint density at radius 1 is 0.765 bits per heavy atom. The highest BCUT2D eigenvalue weighted by Gasteiger charge is 2.59. The normalized spacial score (nSPS) is 50.3. The summed E-state index contributed by atoms with van der Waals surface area (Å²) in [7, 11) is 0. The lowest BCUT2D eigenvalue weighted by Gasteiger charge is -2.47. The number of nitrogens with one attached hydrogen (secondary N) is 1. The van der Waals surface area contributed by atoms with Crippen molar-refractivity contribution < 1.29 is 74.1 Å².